The van der Waals surface area contributed by atoms with Crippen LogP contribution in [0.1, 0.15) is 8.56 Å². The van der Waals surface area contributed by atoms with Crippen LogP contribution in [0.5, 0.6) is 0 Å². The maximum Gasteiger partial charge on any atom is 3.00 e. The second kappa shape index (κ2) is 86.2. The predicted octanol–water partition coefficient (Wildman–Crippen LogP) is 0.358. The number of rotatable bonds is 0. The Labute approximate surface area is 60.5 Å². The molecule has 0 heterocycles. The molecule has 0 N–H and O–H groups in total. The second-order valence-electron chi connectivity index (χ2n) is 0. The van der Waals surface area contributed by atoms with Crippen molar-refractivity contribution in [2.75, 3.05) is 0 Å². The minimum Gasteiger partial charge on any atom is -2.00 e. The molecule has 3 nitrogen and oxygen atoms in total. The van der Waals surface area contributed by atoms with E-state index in [0.717, 1.165) is 0 Å². The van der Waals surface area contributed by atoms with Crippen molar-refractivity contribution in [3.8, 4) is 0 Å². The average molecular weight is 114 g/mol. The van der Waals surface area contributed by atoms with E-state index in [0.29, 0.717) is 0 Å². The van der Waals surface area contributed by atoms with E-state index in [1.165, 1.54) is 0 Å². The van der Waals surface area contributed by atoms with E-state index in [1.807, 2.05) is 0 Å². The molecule has 0 aliphatic rings. The zero-order chi connectivity index (χ0) is 0. The molecule has 0 atom stereocenters. The van der Waals surface area contributed by atoms with E-state index in [1.54, 1.807) is 0 Å². The zero-order valence-electron chi connectivity index (χ0n) is 2.38. The zero-order valence-corrected chi connectivity index (χ0v) is 4.69. The van der Waals surface area contributed by atoms with Gasteiger partial charge in [-0.15, -0.1) is 0 Å². The van der Waals surface area contributed by atoms with Crippen molar-refractivity contribution in [3.05, 3.63) is 0 Å². The molecular weight excluding hydrogens is 102 g/mol. The van der Waals surface area contributed by atoms with Gasteiger partial charge in [0.1, 0.15) is 0 Å². The summed E-state index contributed by atoms with van der Waals surface area (Å²) in [7, 11) is 0. The van der Waals surface area contributed by atoms with Crippen molar-refractivity contribution < 1.29 is 25.0 Å². The minimum atomic E-state index is 0. The topological polar surface area (TPSA) is 85.5 Å². The Hall–Kier alpha value is 0.945. The molecule has 0 aromatic carbocycles. The third-order valence-electron chi connectivity index (χ3n) is 0. The van der Waals surface area contributed by atoms with Crippen molar-refractivity contribution in [2.45, 2.75) is 0 Å². The molecule has 0 aliphatic carbocycles. The first-order chi connectivity index (χ1) is 0. The molecule has 36 valence electrons. The van der Waals surface area contributed by atoms with Gasteiger partial charge < -0.3 is 16.4 Å². The predicted molar refractivity (Wildman–Crippen MR) is 26.3 cm³/mol. The molecule has 0 saturated carbocycles. The first-order valence-corrected chi connectivity index (χ1v) is 0. The van der Waals surface area contributed by atoms with Crippen LogP contribution in [0, 0.1) is 0 Å². The Morgan fingerprint density at radius 2 is 0.600 bits per heavy atom. The van der Waals surface area contributed by atoms with Gasteiger partial charge in [-0.25, -0.2) is 0 Å². The number of hydrogen-bond acceptors (Lipinski definition) is 0. The van der Waals surface area contributed by atoms with Crippen molar-refractivity contribution in [2.24, 2.45) is 0 Å². The molecular formula is H12Al2O3. The van der Waals surface area contributed by atoms with Crippen molar-refractivity contribution in [3.63, 3.8) is 0 Å². The summed E-state index contributed by atoms with van der Waals surface area (Å²) in [5, 5.41) is 0. The molecule has 0 spiro atoms. The minimum absolute atomic E-state index is 0. The molecule has 5 heavy (non-hydrogen) atoms. The SMILES string of the molecule is [Al+3].[Al+3].[HH].[HH].[HH].[HH].[HH].[HH].[O-2].[O-2].[O-2]. The molecule has 0 aromatic rings. The van der Waals surface area contributed by atoms with Crippen LogP contribution in [-0.2, 0) is 16.4 Å². The Bertz CT molecular complexity index is 15.8. The summed E-state index contributed by atoms with van der Waals surface area (Å²) >= 11 is 0. The first kappa shape index (κ1) is 163. The average Bonchev–Trinajstić information content (AvgIpc) is 0. The summed E-state index contributed by atoms with van der Waals surface area (Å²) in [6, 6.07) is 0. The van der Waals surface area contributed by atoms with E-state index in [-0.39, 0.29) is 59.7 Å². The molecule has 0 fully saturated rings. The van der Waals surface area contributed by atoms with Crippen molar-refractivity contribution >= 4 is 34.7 Å². The van der Waals surface area contributed by atoms with Crippen molar-refractivity contribution in [1.82, 2.24) is 0 Å². The molecule has 0 saturated heterocycles. The van der Waals surface area contributed by atoms with Gasteiger partial charge in [0, 0.05) is 8.56 Å². The van der Waals surface area contributed by atoms with Gasteiger partial charge in [-0.3, -0.25) is 0 Å². The van der Waals surface area contributed by atoms with Crippen LogP contribution >= 0.6 is 0 Å². The third-order valence-corrected chi connectivity index (χ3v) is 0. The van der Waals surface area contributed by atoms with Gasteiger partial charge in [-0.1, -0.05) is 0 Å². The summed E-state index contributed by atoms with van der Waals surface area (Å²) in [5.41, 5.74) is 0. The summed E-state index contributed by atoms with van der Waals surface area (Å²) in [6.45, 7) is 0. The van der Waals surface area contributed by atoms with E-state index in [4.69, 9.17) is 0 Å². The van der Waals surface area contributed by atoms with Gasteiger partial charge in [0.2, 0.25) is 0 Å². The molecule has 0 radical (unpaired) electrons. The van der Waals surface area contributed by atoms with E-state index < -0.39 is 0 Å². The van der Waals surface area contributed by atoms with E-state index >= 15 is 0 Å². The Balaban J connectivity index is 0. The number of hydrogen-bond donors (Lipinski definition) is 0. The van der Waals surface area contributed by atoms with Crippen LogP contribution in [0.2, 0.25) is 0 Å². The fourth-order valence-corrected chi connectivity index (χ4v) is 0. The largest absolute Gasteiger partial charge is 3.00 e. The van der Waals surface area contributed by atoms with Crippen molar-refractivity contribution in [1.29, 1.82) is 0 Å². The molecule has 0 rings (SSSR count). The molecule has 0 bridgehead atoms. The van der Waals surface area contributed by atoms with Crippen LogP contribution in [0.15, 0.2) is 0 Å². The van der Waals surface area contributed by atoms with Gasteiger partial charge in [0.25, 0.3) is 0 Å². The monoisotopic (exact) mass is 114 g/mol. The summed E-state index contributed by atoms with van der Waals surface area (Å²) in [6.07, 6.45) is 0. The molecule has 0 aromatic heterocycles. The van der Waals surface area contributed by atoms with Crippen LogP contribution in [-0.4, -0.2) is 34.7 Å². The summed E-state index contributed by atoms with van der Waals surface area (Å²) in [5.74, 6) is 0. The fraction of sp³-hybridized carbons (Fsp3) is 0. The van der Waals surface area contributed by atoms with Gasteiger partial charge in [0.15, 0.2) is 0 Å². The molecule has 0 amide bonds. The molecule has 0 aliphatic heterocycles. The Morgan fingerprint density at radius 3 is 0.600 bits per heavy atom. The quantitative estimate of drug-likeness (QED) is 0.407. The summed E-state index contributed by atoms with van der Waals surface area (Å²) < 4.78 is 0. The Morgan fingerprint density at radius 1 is 0.600 bits per heavy atom. The van der Waals surface area contributed by atoms with Gasteiger partial charge in [-0.05, 0) is 0 Å². The van der Waals surface area contributed by atoms with Gasteiger partial charge >= 0.3 is 34.7 Å². The van der Waals surface area contributed by atoms with Crippen LogP contribution in [0.3, 0.4) is 0 Å². The maximum atomic E-state index is 0. The van der Waals surface area contributed by atoms with Gasteiger partial charge in [-0.2, -0.15) is 0 Å². The van der Waals surface area contributed by atoms with Gasteiger partial charge in [0.05, 0.1) is 0 Å². The Kier molecular flexibility index (Phi) is 2810. The molecule has 5 heteroatoms. The van der Waals surface area contributed by atoms with E-state index in [9.17, 15) is 0 Å². The fourth-order valence-electron chi connectivity index (χ4n) is 0. The van der Waals surface area contributed by atoms with Crippen LogP contribution in [0.25, 0.3) is 0 Å². The van der Waals surface area contributed by atoms with E-state index in [2.05, 4.69) is 0 Å². The standard InChI is InChI=1S/2Al.3O.6H2/h;;;;;6*1H/q2*+3;3*-2;;;;;;. The maximum absolute atomic E-state index is 0. The normalized spacial score (nSPS) is 0. The third kappa shape index (κ3) is 48.0. The molecule has 0 unspecified atom stereocenters. The van der Waals surface area contributed by atoms with Crippen LogP contribution in [0.4, 0.5) is 0 Å². The second-order valence-corrected chi connectivity index (χ2v) is 0. The smallest absolute Gasteiger partial charge is 2.00 e. The van der Waals surface area contributed by atoms with Crippen LogP contribution < -0.4 is 0 Å². The summed E-state index contributed by atoms with van der Waals surface area (Å²) in [4.78, 5) is 0. The first-order valence-electron chi connectivity index (χ1n) is 0.